The summed E-state index contributed by atoms with van der Waals surface area (Å²) in [6, 6.07) is 5.83. The van der Waals surface area contributed by atoms with Gasteiger partial charge in [-0.3, -0.25) is 9.59 Å². The van der Waals surface area contributed by atoms with Gasteiger partial charge in [0, 0.05) is 30.0 Å². The Hall–Kier alpha value is -2.10. The van der Waals surface area contributed by atoms with Gasteiger partial charge in [0.05, 0.1) is 11.5 Å². The van der Waals surface area contributed by atoms with Gasteiger partial charge in [0.1, 0.15) is 15.8 Å². The molecule has 2 aliphatic rings. The molecular weight excluding hydrogens is 429 g/mol. The van der Waals surface area contributed by atoms with Crippen molar-refractivity contribution < 1.29 is 27.1 Å². The fourth-order valence-corrected chi connectivity index (χ4v) is 7.10. The average molecular weight is 452 g/mol. The molecule has 1 fully saturated rings. The van der Waals surface area contributed by atoms with Gasteiger partial charge in [0.25, 0.3) is 10.0 Å². The molecule has 1 aromatic heterocycles. The molecule has 160 valence electrons. The second-order valence-corrected chi connectivity index (χ2v) is 11.3. The van der Waals surface area contributed by atoms with Crippen LogP contribution in [0.3, 0.4) is 0 Å². The molecule has 1 aliphatic carbocycles. The van der Waals surface area contributed by atoms with Gasteiger partial charge in [-0.1, -0.05) is 6.92 Å². The fraction of sp³-hybridized carbons (Fsp3) is 0.429. The third-order valence-electron chi connectivity index (χ3n) is 5.66. The number of carbonyl (C=O) groups is 2. The minimum atomic E-state index is -3.67. The van der Waals surface area contributed by atoms with Crippen molar-refractivity contribution in [2.75, 3.05) is 13.1 Å². The van der Waals surface area contributed by atoms with E-state index < -0.39 is 27.7 Å². The van der Waals surface area contributed by atoms with Crippen LogP contribution in [-0.2, 0) is 14.8 Å². The molecule has 2 heterocycles. The SMILES string of the molecule is Cc1ccc(S(=O)(=O)N2CCCC(C(=O)Oc3ccc(F)c4c3C(=O)CC4C)C2)s1. The lowest BCUT2D eigenvalue weighted by molar-refractivity contribution is -0.140. The highest BCUT2D eigenvalue weighted by atomic mass is 32.2. The number of halogens is 1. The Labute approximate surface area is 178 Å². The van der Waals surface area contributed by atoms with E-state index in [9.17, 15) is 22.4 Å². The lowest BCUT2D eigenvalue weighted by Crippen LogP contribution is -2.43. The third kappa shape index (κ3) is 3.70. The van der Waals surface area contributed by atoms with Gasteiger partial charge < -0.3 is 4.74 Å². The number of esters is 1. The summed E-state index contributed by atoms with van der Waals surface area (Å²) >= 11 is 1.20. The van der Waals surface area contributed by atoms with Crippen LogP contribution in [0.1, 0.15) is 52.9 Å². The van der Waals surface area contributed by atoms with Gasteiger partial charge >= 0.3 is 5.97 Å². The predicted molar refractivity (Wildman–Crippen MR) is 110 cm³/mol. The molecule has 2 atom stereocenters. The molecule has 0 spiro atoms. The van der Waals surface area contributed by atoms with Gasteiger partial charge in [0.2, 0.25) is 0 Å². The predicted octanol–water partition coefficient (Wildman–Crippen LogP) is 3.89. The number of benzene rings is 1. The van der Waals surface area contributed by atoms with Gasteiger partial charge in [-0.15, -0.1) is 11.3 Å². The quantitative estimate of drug-likeness (QED) is 0.520. The highest BCUT2D eigenvalue weighted by Gasteiger charge is 2.37. The molecule has 0 N–H and O–H groups in total. The lowest BCUT2D eigenvalue weighted by atomic mass is 9.99. The van der Waals surface area contributed by atoms with Crippen molar-refractivity contribution in [3.8, 4) is 5.75 Å². The average Bonchev–Trinajstić information content (AvgIpc) is 3.28. The molecule has 2 aromatic rings. The van der Waals surface area contributed by atoms with Crippen molar-refractivity contribution in [3.63, 3.8) is 0 Å². The van der Waals surface area contributed by atoms with Crippen LogP contribution >= 0.6 is 11.3 Å². The van der Waals surface area contributed by atoms with E-state index >= 15 is 0 Å². The summed E-state index contributed by atoms with van der Waals surface area (Å²) < 4.78 is 47.0. The highest BCUT2D eigenvalue weighted by Crippen LogP contribution is 2.40. The molecule has 6 nitrogen and oxygen atoms in total. The fourth-order valence-electron chi connectivity index (χ4n) is 4.13. The number of Topliss-reactive ketones (excluding diaryl/α,β-unsaturated/α-hetero) is 1. The number of sulfonamides is 1. The number of rotatable bonds is 4. The number of ketones is 1. The smallest absolute Gasteiger partial charge is 0.315 e. The number of hydrogen-bond acceptors (Lipinski definition) is 6. The van der Waals surface area contributed by atoms with E-state index in [1.807, 2.05) is 6.92 Å². The molecule has 1 aliphatic heterocycles. The summed E-state index contributed by atoms with van der Waals surface area (Å²) in [4.78, 5) is 26.0. The maximum absolute atomic E-state index is 14.2. The van der Waals surface area contributed by atoms with Crippen LogP contribution in [0.2, 0.25) is 0 Å². The molecule has 0 bridgehead atoms. The Morgan fingerprint density at radius 3 is 2.73 bits per heavy atom. The van der Waals surface area contributed by atoms with Crippen LogP contribution in [0.4, 0.5) is 4.39 Å². The number of thiophene rings is 1. The number of aryl methyl sites for hydroxylation is 1. The normalized spacial score (nSPS) is 22.2. The molecule has 9 heteroatoms. The molecular formula is C21H22FNO5S2. The number of hydrogen-bond donors (Lipinski definition) is 0. The second-order valence-electron chi connectivity index (χ2n) is 7.85. The first-order chi connectivity index (χ1) is 14.2. The Balaban J connectivity index is 1.53. The van der Waals surface area contributed by atoms with Crippen LogP contribution < -0.4 is 4.74 Å². The monoisotopic (exact) mass is 451 g/mol. The van der Waals surface area contributed by atoms with E-state index in [4.69, 9.17) is 4.74 Å². The highest BCUT2D eigenvalue weighted by molar-refractivity contribution is 7.91. The molecule has 0 amide bonds. The third-order valence-corrected chi connectivity index (χ3v) is 8.99. The standard InChI is InChI=1S/C21H22FNO5S2/c1-12-10-16(24)20-17(7-6-15(22)19(12)20)28-21(25)14-4-3-9-23(11-14)30(26,27)18-8-5-13(2)29-18/h5-8,12,14H,3-4,9-11H2,1-2H3. The van der Waals surface area contributed by atoms with E-state index in [2.05, 4.69) is 0 Å². The largest absolute Gasteiger partial charge is 0.425 e. The van der Waals surface area contributed by atoms with Gasteiger partial charge in [0.15, 0.2) is 5.78 Å². The topological polar surface area (TPSA) is 80.8 Å². The Bertz CT molecular complexity index is 1120. The van der Waals surface area contributed by atoms with Gasteiger partial charge in [-0.2, -0.15) is 4.31 Å². The number of ether oxygens (including phenoxy) is 1. The van der Waals surface area contributed by atoms with Crippen LogP contribution in [-0.4, -0.2) is 37.6 Å². The van der Waals surface area contributed by atoms with E-state index in [0.717, 1.165) is 4.88 Å². The summed E-state index contributed by atoms with van der Waals surface area (Å²) in [6.45, 7) is 3.95. The Kier molecular flexibility index (Phi) is 5.54. The maximum atomic E-state index is 14.2. The van der Waals surface area contributed by atoms with Gasteiger partial charge in [-0.05, 0) is 49.9 Å². The first kappa shape index (κ1) is 21.1. The van der Waals surface area contributed by atoms with Crippen LogP contribution in [0, 0.1) is 18.7 Å². The van der Waals surface area contributed by atoms with Crippen molar-refractivity contribution in [1.29, 1.82) is 0 Å². The zero-order chi connectivity index (χ0) is 21.6. The first-order valence-corrected chi connectivity index (χ1v) is 12.1. The summed E-state index contributed by atoms with van der Waals surface area (Å²) in [5.74, 6) is -2.19. The van der Waals surface area contributed by atoms with Gasteiger partial charge in [-0.25, -0.2) is 12.8 Å². The molecule has 0 saturated carbocycles. The summed E-state index contributed by atoms with van der Waals surface area (Å²) in [5, 5.41) is 0. The molecule has 1 saturated heterocycles. The van der Waals surface area contributed by atoms with Crippen molar-refractivity contribution in [2.45, 2.75) is 43.2 Å². The molecule has 30 heavy (non-hydrogen) atoms. The molecule has 1 aromatic carbocycles. The first-order valence-electron chi connectivity index (χ1n) is 9.82. The van der Waals surface area contributed by atoms with Crippen LogP contribution in [0.25, 0.3) is 0 Å². The molecule has 0 radical (unpaired) electrons. The summed E-state index contributed by atoms with van der Waals surface area (Å²) in [5.41, 5.74) is 0.413. The second kappa shape index (κ2) is 7.86. The summed E-state index contributed by atoms with van der Waals surface area (Å²) in [7, 11) is -3.67. The van der Waals surface area contributed by atoms with Crippen LogP contribution in [0.5, 0.6) is 5.75 Å². The molecule has 2 unspecified atom stereocenters. The van der Waals surface area contributed by atoms with E-state index in [1.54, 1.807) is 19.1 Å². The lowest BCUT2D eigenvalue weighted by Gasteiger charge is -2.30. The number of fused-ring (bicyclic) bond motifs is 1. The van der Waals surface area contributed by atoms with Crippen molar-refractivity contribution in [1.82, 2.24) is 4.31 Å². The zero-order valence-electron chi connectivity index (χ0n) is 16.7. The van der Waals surface area contributed by atoms with E-state index in [1.165, 1.54) is 27.8 Å². The minimum absolute atomic E-state index is 0.0197. The zero-order valence-corrected chi connectivity index (χ0v) is 18.3. The van der Waals surface area contributed by atoms with E-state index in [-0.39, 0.29) is 45.8 Å². The van der Waals surface area contributed by atoms with Crippen molar-refractivity contribution in [3.05, 3.63) is 46.1 Å². The maximum Gasteiger partial charge on any atom is 0.315 e. The summed E-state index contributed by atoms with van der Waals surface area (Å²) in [6.07, 6.45) is 1.19. The van der Waals surface area contributed by atoms with E-state index in [0.29, 0.717) is 19.4 Å². The van der Waals surface area contributed by atoms with Crippen LogP contribution in [0.15, 0.2) is 28.5 Å². The Morgan fingerprint density at radius 2 is 2.03 bits per heavy atom. The van der Waals surface area contributed by atoms with Crippen molar-refractivity contribution >= 4 is 33.1 Å². The number of nitrogens with zero attached hydrogens (tertiary/aromatic N) is 1. The molecule has 4 rings (SSSR count). The number of carbonyl (C=O) groups excluding carboxylic acids is 2. The van der Waals surface area contributed by atoms with Crippen molar-refractivity contribution in [2.24, 2.45) is 5.92 Å². The minimum Gasteiger partial charge on any atom is -0.425 e. The Morgan fingerprint density at radius 1 is 1.27 bits per heavy atom. The number of piperidine rings is 1.